The van der Waals surface area contributed by atoms with Gasteiger partial charge in [0.05, 0.1) is 0 Å². The van der Waals surface area contributed by atoms with E-state index in [0.29, 0.717) is 11.8 Å². The Balaban J connectivity index is 1.94. The van der Waals surface area contributed by atoms with Gasteiger partial charge in [0.2, 0.25) is 5.91 Å². The summed E-state index contributed by atoms with van der Waals surface area (Å²) in [4.78, 5) is 14.2. The van der Waals surface area contributed by atoms with Crippen LogP contribution in [-0.4, -0.2) is 17.4 Å². The van der Waals surface area contributed by atoms with Crippen molar-refractivity contribution in [2.24, 2.45) is 11.8 Å². The van der Waals surface area contributed by atoms with Crippen LogP contribution in [0.5, 0.6) is 0 Å². The molecule has 1 unspecified atom stereocenters. The molecule has 1 aromatic carbocycles. The van der Waals surface area contributed by atoms with Gasteiger partial charge in [0.1, 0.15) is 0 Å². The lowest BCUT2D eigenvalue weighted by Gasteiger charge is -2.17. The smallest absolute Gasteiger partial charge is 0.226 e. The zero-order chi connectivity index (χ0) is 12.3. The Labute approximate surface area is 104 Å². The number of likely N-dealkylation sites (tertiary alicyclic amines) is 1. The van der Waals surface area contributed by atoms with Gasteiger partial charge in [-0.15, -0.1) is 0 Å². The number of benzene rings is 1. The third kappa shape index (κ3) is 3.09. The van der Waals surface area contributed by atoms with Gasteiger partial charge in [0, 0.05) is 19.0 Å². The second-order valence-corrected chi connectivity index (χ2v) is 5.36. The molecule has 1 saturated heterocycles. The van der Waals surface area contributed by atoms with Crippen LogP contribution in [0.1, 0.15) is 32.3 Å². The highest BCUT2D eigenvalue weighted by atomic mass is 16.2. The Bertz CT molecular complexity index is 372. The maximum absolute atomic E-state index is 12.2. The standard InChI is InChI=1S/C15H21NO/c1-12(2)10-14-8-9-16(15(14)17)11-13-6-4-3-5-7-13/h3-7,12,14H,8-11H2,1-2H3. The molecule has 0 saturated carbocycles. The molecule has 1 aromatic rings. The van der Waals surface area contributed by atoms with Crippen LogP contribution in [0.25, 0.3) is 0 Å². The zero-order valence-corrected chi connectivity index (χ0v) is 10.7. The van der Waals surface area contributed by atoms with Crippen molar-refractivity contribution in [3.63, 3.8) is 0 Å². The van der Waals surface area contributed by atoms with E-state index < -0.39 is 0 Å². The maximum atomic E-state index is 12.2. The van der Waals surface area contributed by atoms with Crippen LogP contribution in [0.3, 0.4) is 0 Å². The highest BCUT2D eigenvalue weighted by Gasteiger charge is 2.31. The molecule has 1 atom stereocenters. The van der Waals surface area contributed by atoms with E-state index >= 15 is 0 Å². The van der Waals surface area contributed by atoms with Crippen molar-refractivity contribution in [3.05, 3.63) is 35.9 Å². The van der Waals surface area contributed by atoms with Gasteiger partial charge in [-0.1, -0.05) is 44.2 Å². The Hall–Kier alpha value is -1.31. The number of nitrogens with zero attached hydrogens (tertiary/aromatic N) is 1. The van der Waals surface area contributed by atoms with Gasteiger partial charge in [-0.25, -0.2) is 0 Å². The average molecular weight is 231 g/mol. The van der Waals surface area contributed by atoms with E-state index in [0.717, 1.165) is 25.9 Å². The van der Waals surface area contributed by atoms with Crippen molar-refractivity contribution in [1.82, 2.24) is 4.90 Å². The van der Waals surface area contributed by atoms with E-state index in [2.05, 4.69) is 26.0 Å². The van der Waals surface area contributed by atoms with E-state index in [4.69, 9.17) is 0 Å². The molecule has 1 heterocycles. The van der Waals surface area contributed by atoms with Crippen molar-refractivity contribution in [3.8, 4) is 0 Å². The number of rotatable bonds is 4. The topological polar surface area (TPSA) is 20.3 Å². The Morgan fingerprint density at radius 1 is 1.29 bits per heavy atom. The quantitative estimate of drug-likeness (QED) is 0.780. The molecule has 1 aliphatic heterocycles. The zero-order valence-electron chi connectivity index (χ0n) is 10.7. The summed E-state index contributed by atoms with van der Waals surface area (Å²) in [6, 6.07) is 10.2. The summed E-state index contributed by atoms with van der Waals surface area (Å²) >= 11 is 0. The molecule has 0 aromatic heterocycles. The van der Waals surface area contributed by atoms with Crippen LogP contribution in [0.2, 0.25) is 0 Å². The van der Waals surface area contributed by atoms with Gasteiger partial charge >= 0.3 is 0 Å². The lowest BCUT2D eigenvalue weighted by molar-refractivity contribution is -0.131. The van der Waals surface area contributed by atoms with Gasteiger partial charge in [0.25, 0.3) is 0 Å². The summed E-state index contributed by atoms with van der Waals surface area (Å²) in [5.74, 6) is 1.22. The van der Waals surface area contributed by atoms with E-state index in [-0.39, 0.29) is 5.92 Å². The number of carbonyl (C=O) groups excluding carboxylic acids is 1. The third-order valence-corrected chi connectivity index (χ3v) is 3.38. The molecule has 0 N–H and O–H groups in total. The molecule has 2 nitrogen and oxygen atoms in total. The first kappa shape index (κ1) is 12.2. The highest BCUT2D eigenvalue weighted by molar-refractivity contribution is 5.80. The second-order valence-electron chi connectivity index (χ2n) is 5.36. The van der Waals surface area contributed by atoms with E-state index in [9.17, 15) is 4.79 Å². The molecule has 92 valence electrons. The fourth-order valence-electron chi connectivity index (χ4n) is 2.55. The van der Waals surface area contributed by atoms with Gasteiger partial charge in [-0.05, 0) is 24.3 Å². The SMILES string of the molecule is CC(C)CC1CCN(Cc2ccccc2)C1=O. The first-order valence-electron chi connectivity index (χ1n) is 6.49. The van der Waals surface area contributed by atoms with E-state index in [1.54, 1.807) is 0 Å². The summed E-state index contributed by atoms with van der Waals surface area (Å²) in [6.45, 7) is 6.07. The van der Waals surface area contributed by atoms with Crippen molar-refractivity contribution in [1.29, 1.82) is 0 Å². The second kappa shape index (κ2) is 5.35. The first-order valence-corrected chi connectivity index (χ1v) is 6.49. The minimum absolute atomic E-state index is 0.263. The fraction of sp³-hybridized carbons (Fsp3) is 0.533. The normalized spacial score (nSPS) is 20.3. The lowest BCUT2D eigenvalue weighted by atomic mass is 9.96. The minimum Gasteiger partial charge on any atom is -0.338 e. The molecule has 0 spiro atoms. The molecule has 2 rings (SSSR count). The summed E-state index contributed by atoms with van der Waals surface area (Å²) in [5, 5.41) is 0. The van der Waals surface area contributed by atoms with Gasteiger partial charge in [0.15, 0.2) is 0 Å². The molecule has 1 aliphatic rings. The van der Waals surface area contributed by atoms with E-state index in [1.165, 1.54) is 5.56 Å². The largest absolute Gasteiger partial charge is 0.338 e. The summed E-state index contributed by atoms with van der Waals surface area (Å²) in [5.41, 5.74) is 1.23. The van der Waals surface area contributed by atoms with Crippen LogP contribution in [0.4, 0.5) is 0 Å². The summed E-state index contributed by atoms with van der Waals surface area (Å²) in [6.07, 6.45) is 2.06. The van der Waals surface area contributed by atoms with Gasteiger partial charge < -0.3 is 4.90 Å². The molecule has 0 aliphatic carbocycles. The minimum atomic E-state index is 0.263. The number of hydrogen-bond donors (Lipinski definition) is 0. The Morgan fingerprint density at radius 3 is 2.65 bits per heavy atom. The monoisotopic (exact) mass is 231 g/mol. The molecule has 0 bridgehead atoms. The van der Waals surface area contributed by atoms with Crippen LogP contribution in [-0.2, 0) is 11.3 Å². The van der Waals surface area contributed by atoms with Crippen molar-refractivity contribution < 1.29 is 4.79 Å². The Kier molecular flexibility index (Phi) is 3.82. The van der Waals surface area contributed by atoms with E-state index in [1.807, 2.05) is 23.1 Å². The van der Waals surface area contributed by atoms with Crippen molar-refractivity contribution in [2.75, 3.05) is 6.54 Å². The van der Waals surface area contributed by atoms with Crippen LogP contribution in [0.15, 0.2) is 30.3 Å². The summed E-state index contributed by atoms with van der Waals surface area (Å²) < 4.78 is 0. The molecule has 1 fully saturated rings. The Morgan fingerprint density at radius 2 is 2.00 bits per heavy atom. The summed E-state index contributed by atoms with van der Waals surface area (Å²) in [7, 11) is 0. The van der Waals surface area contributed by atoms with Crippen molar-refractivity contribution >= 4 is 5.91 Å². The first-order chi connectivity index (χ1) is 8.16. The third-order valence-electron chi connectivity index (χ3n) is 3.38. The fourth-order valence-corrected chi connectivity index (χ4v) is 2.55. The van der Waals surface area contributed by atoms with Gasteiger partial charge in [-0.2, -0.15) is 0 Å². The molecule has 2 heteroatoms. The van der Waals surface area contributed by atoms with Crippen LogP contribution < -0.4 is 0 Å². The molecule has 17 heavy (non-hydrogen) atoms. The maximum Gasteiger partial charge on any atom is 0.226 e. The van der Waals surface area contributed by atoms with Crippen LogP contribution in [0, 0.1) is 11.8 Å². The molecular formula is C15H21NO. The highest BCUT2D eigenvalue weighted by Crippen LogP contribution is 2.25. The number of carbonyl (C=O) groups is 1. The average Bonchev–Trinajstić information content (AvgIpc) is 2.62. The number of amides is 1. The number of hydrogen-bond acceptors (Lipinski definition) is 1. The van der Waals surface area contributed by atoms with Gasteiger partial charge in [-0.3, -0.25) is 4.79 Å². The van der Waals surface area contributed by atoms with Crippen molar-refractivity contribution in [2.45, 2.75) is 33.2 Å². The molecular weight excluding hydrogens is 210 g/mol. The lowest BCUT2D eigenvalue weighted by Crippen LogP contribution is -2.27. The van der Waals surface area contributed by atoms with Crippen LogP contribution >= 0.6 is 0 Å². The predicted molar refractivity (Wildman–Crippen MR) is 69.4 cm³/mol. The predicted octanol–water partition coefficient (Wildman–Crippen LogP) is 3.08. The molecule has 1 amide bonds. The molecule has 0 radical (unpaired) electrons.